The van der Waals surface area contributed by atoms with Crippen molar-refractivity contribution in [1.29, 1.82) is 0 Å². The second-order valence-corrected chi connectivity index (χ2v) is 9.03. The summed E-state index contributed by atoms with van der Waals surface area (Å²) in [6.07, 6.45) is 0. The first-order valence-electron chi connectivity index (χ1n) is 5.72. The Morgan fingerprint density at radius 2 is 1.81 bits per heavy atom. The van der Waals surface area contributed by atoms with Gasteiger partial charge in [0.05, 0.1) is 19.1 Å². The van der Waals surface area contributed by atoms with E-state index in [1.165, 1.54) is 31.2 Å². The minimum atomic E-state index is -3.93. The molecular formula is C13H9Cl3O3S2. The van der Waals surface area contributed by atoms with Crippen LogP contribution < -0.4 is 0 Å². The molecule has 21 heavy (non-hydrogen) atoms. The summed E-state index contributed by atoms with van der Waals surface area (Å²) in [7, 11) is -3.93. The molecule has 0 fully saturated rings. The monoisotopic (exact) mass is 382 g/mol. The van der Waals surface area contributed by atoms with Gasteiger partial charge in [0.2, 0.25) is 0 Å². The molecule has 0 bridgehead atoms. The standard InChI is InChI=1S/C13H9Cl3O3S2/c1-7(13(17)10-4-5-12(16)20-10)21(18,19)11-6-8(14)2-3-9(11)15/h2-7H,1H3. The van der Waals surface area contributed by atoms with Crippen molar-refractivity contribution in [3.63, 3.8) is 0 Å². The Labute approximate surface area is 141 Å². The van der Waals surface area contributed by atoms with E-state index < -0.39 is 20.9 Å². The van der Waals surface area contributed by atoms with E-state index in [4.69, 9.17) is 34.8 Å². The van der Waals surface area contributed by atoms with Gasteiger partial charge < -0.3 is 0 Å². The highest BCUT2D eigenvalue weighted by Crippen LogP contribution is 2.30. The first kappa shape index (κ1) is 16.8. The third kappa shape index (κ3) is 3.43. The summed E-state index contributed by atoms with van der Waals surface area (Å²) in [5, 5.41) is -1.01. The van der Waals surface area contributed by atoms with Gasteiger partial charge in [-0.25, -0.2) is 8.42 Å². The molecule has 2 rings (SSSR count). The van der Waals surface area contributed by atoms with Crippen molar-refractivity contribution >= 4 is 61.8 Å². The van der Waals surface area contributed by atoms with Crippen LogP contribution in [0.5, 0.6) is 0 Å². The van der Waals surface area contributed by atoms with Crippen LogP contribution in [0.15, 0.2) is 35.2 Å². The van der Waals surface area contributed by atoms with E-state index in [9.17, 15) is 13.2 Å². The maximum absolute atomic E-state index is 12.5. The number of carbonyl (C=O) groups is 1. The van der Waals surface area contributed by atoms with Gasteiger partial charge in [-0.3, -0.25) is 4.79 Å². The molecule has 0 radical (unpaired) electrons. The van der Waals surface area contributed by atoms with Crippen LogP contribution in [0, 0.1) is 0 Å². The average molecular weight is 384 g/mol. The molecular weight excluding hydrogens is 375 g/mol. The number of benzene rings is 1. The Morgan fingerprint density at radius 1 is 1.14 bits per heavy atom. The van der Waals surface area contributed by atoms with Crippen molar-refractivity contribution in [1.82, 2.24) is 0 Å². The molecule has 112 valence electrons. The number of hydrogen-bond acceptors (Lipinski definition) is 4. The third-order valence-corrected chi connectivity index (χ3v) is 6.87. The summed E-state index contributed by atoms with van der Waals surface area (Å²) in [5.41, 5.74) is 0. The van der Waals surface area contributed by atoms with Crippen molar-refractivity contribution in [2.24, 2.45) is 0 Å². The zero-order chi connectivity index (χ0) is 15.8. The molecule has 1 unspecified atom stereocenters. The first-order chi connectivity index (χ1) is 9.73. The normalized spacial score (nSPS) is 13.1. The minimum Gasteiger partial charge on any atom is -0.292 e. The molecule has 0 aliphatic carbocycles. The first-order valence-corrected chi connectivity index (χ1v) is 9.21. The molecule has 0 amide bonds. The minimum absolute atomic E-state index is 0.0308. The lowest BCUT2D eigenvalue weighted by Gasteiger charge is -2.12. The lowest BCUT2D eigenvalue weighted by atomic mass is 10.2. The number of halogens is 3. The van der Waals surface area contributed by atoms with Gasteiger partial charge in [0.25, 0.3) is 0 Å². The van der Waals surface area contributed by atoms with Crippen molar-refractivity contribution in [3.8, 4) is 0 Å². The van der Waals surface area contributed by atoms with Crippen LogP contribution in [0.3, 0.4) is 0 Å². The number of ketones is 1. The van der Waals surface area contributed by atoms with Gasteiger partial charge >= 0.3 is 0 Å². The zero-order valence-electron chi connectivity index (χ0n) is 10.6. The van der Waals surface area contributed by atoms with Crippen LogP contribution in [0.25, 0.3) is 0 Å². The van der Waals surface area contributed by atoms with E-state index in [-0.39, 0.29) is 19.8 Å². The number of rotatable bonds is 4. The van der Waals surface area contributed by atoms with E-state index in [0.29, 0.717) is 4.34 Å². The molecule has 2 aromatic rings. The SMILES string of the molecule is CC(C(=O)c1ccc(Cl)s1)S(=O)(=O)c1cc(Cl)ccc1Cl. The maximum Gasteiger partial charge on any atom is 0.191 e. The predicted molar refractivity (Wildman–Crippen MR) is 86.8 cm³/mol. The molecule has 0 aliphatic rings. The summed E-state index contributed by atoms with van der Waals surface area (Å²) in [6, 6.07) is 7.15. The Balaban J connectivity index is 2.43. The van der Waals surface area contributed by atoms with Gasteiger partial charge in [-0.2, -0.15) is 0 Å². The molecule has 0 saturated carbocycles. The molecule has 3 nitrogen and oxygen atoms in total. The Bertz CT molecular complexity index is 797. The number of thiophene rings is 1. The van der Waals surface area contributed by atoms with E-state index in [1.54, 1.807) is 6.07 Å². The Hall–Kier alpha value is -0.590. The van der Waals surface area contributed by atoms with Crippen molar-refractivity contribution in [2.75, 3.05) is 0 Å². The molecule has 1 atom stereocenters. The van der Waals surface area contributed by atoms with Crippen LogP contribution in [0.4, 0.5) is 0 Å². The van der Waals surface area contributed by atoms with Crippen LogP contribution in [-0.4, -0.2) is 19.5 Å². The van der Waals surface area contributed by atoms with Gasteiger partial charge in [0.1, 0.15) is 5.25 Å². The zero-order valence-corrected chi connectivity index (χ0v) is 14.5. The van der Waals surface area contributed by atoms with Gasteiger partial charge in [0, 0.05) is 5.02 Å². The molecule has 0 N–H and O–H groups in total. The highest BCUT2D eigenvalue weighted by molar-refractivity contribution is 7.93. The van der Waals surface area contributed by atoms with Crippen LogP contribution >= 0.6 is 46.1 Å². The quantitative estimate of drug-likeness (QED) is 0.716. The predicted octanol–water partition coefficient (Wildman–Crippen LogP) is 4.75. The van der Waals surface area contributed by atoms with Gasteiger partial charge in [0.15, 0.2) is 15.6 Å². The summed E-state index contributed by atoms with van der Waals surface area (Å²) < 4.78 is 25.5. The summed E-state index contributed by atoms with van der Waals surface area (Å²) in [5.74, 6) is -0.525. The third-order valence-electron chi connectivity index (χ3n) is 2.85. The van der Waals surface area contributed by atoms with Crippen molar-refractivity contribution in [3.05, 3.63) is 49.6 Å². The molecule has 0 aliphatic heterocycles. The molecule has 8 heteroatoms. The summed E-state index contributed by atoms with van der Waals surface area (Å²) >= 11 is 18.5. The maximum atomic E-state index is 12.5. The molecule has 1 aromatic heterocycles. The number of Topliss-reactive ketones (excluding diaryl/α,β-unsaturated/α-hetero) is 1. The Kier molecular flexibility index (Phi) is 5.00. The number of sulfone groups is 1. The topological polar surface area (TPSA) is 51.2 Å². The van der Waals surface area contributed by atoms with Gasteiger partial charge in [-0.05, 0) is 37.3 Å². The van der Waals surface area contributed by atoms with Crippen molar-refractivity contribution < 1.29 is 13.2 Å². The number of carbonyl (C=O) groups excluding carboxylic acids is 1. The lowest BCUT2D eigenvalue weighted by molar-refractivity contribution is 0.0995. The second kappa shape index (κ2) is 6.26. The number of hydrogen-bond donors (Lipinski definition) is 0. The second-order valence-electron chi connectivity index (χ2n) is 4.23. The fraction of sp³-hybridized carbons (Fsp3) is 0.154. The Morgan fingerprint density at radius 3 is 2.38 bits per heavy atom. The fourth-order valence-electron chi connectivity index (χ4n) is 1.67. The van der Waals surface area contributed by atoms with Crippen LogP contribution in [0.1, 0.15) is 16.6 Å². The van der Waals surface area contributed by atoms with Gasteiger partial charge in [-0.15, -0.1) is 11.3 Å². The highest BCUT2D eigenvalue weighted by atomic mass is 35.5. The largest absolute Gasteiger partial charge is 0.292 e. The summed E-state index contributed by atoms with van der Waals surface area (Å²) in [4.78, 5) is 12.4. The van der Waals surface area contributed by atoms with E-state index in [0.717, 1.165) is 11.3 Å². The fourth-order valence-corrected chi connectivity index (χ4v) is 4.92. The van der Waals surface area contributed by atoms with E-state index >= 15 is 0 Å². The average Bonchev–Trinajstić information content (AvgIpc) is 2.86. The van der Waals surface area contributed by atoms with Crippen LogP contribution in [-0.2, 0) is 9.84 Å². The molecule has 1 heterocycles. The summed E-state index contributed by atoms with van der Waals surface area (Å²) in [6.45, 7) is 1.32. The van der Waals surface area contributed by atoms with Gasteiger partial charge in [-0.1, -0.05) is 34.8 Å². The molecule has 1 aromatic carbocycles. The van der Waals surface area contributed by atoms with Crippen molar-refractivity contribution in [2.45, 2.75) is 17.1 Å². The lowest BCUT2D eigenvalue weighted by Crippen LogP contribution is -2.27. The highest BCUT2D eigenvalue weighted by Gasteiger charge is 2.32. The molecule has 0 spiro atoms. The van der Waals surface area contributed by atoms with E-state index in [2.05, 4.69) is 0 Å². The van der Waals surface area contributed by atoms with Crippen LogP contribution in [0.2, 0.25) is 14.4 Å². The smallest absolute Gasteiger partial charge is 0.191 e. The van der Waals surface area contributed by atoms with E-state index in [1.807, 2.05) is 0 Å². The molecule has 0 saturated heterocycles.